The van der Waals surface area contributed by atoms with E-state index in [-0.39, 0.29) is 10.8 Å². The minimum absolute atomic E-state index is 0.0624. The van der Waals surface area contributed by atoms with E-state index in [4.69, 9.17) is 4.74 Å². The van der Waals surface area contributed by atoms with Crippen LogP contribution < -0.4 is 4.74 Å². The van der Waals surface area contributed by atoms with E-state index in [0.29, 0.717) is 11.3 Å². The molecule has 0 fully saturated rings. The number of nitrogens with zero attached hydrogens (tertiary/aromatic N) is 1. The summed E-state index contributed by atoms with van der Waals surface area (Å²) in [6, 6.07) is 23.2. The van der Waals surface area contributed by atoms with E-state index >= 15 is 0 Å². The lowest BCUT2D eigenvalue weighted by atomic mass is 10.1. The molecule has 144 valence electrons. The number of rotatable bonds is 6. The summed E-state index contributed by atoms with van der Waals surface area (Å²) in [6.07, 6.45) is 1.79. The Kier molecular flexibility index (Phi) is 6.26. The molecule has 5 heteroatoms. The van der Waals surface area contributed by atoms with Crippen LogP contribution >= 0.6 is 0 Å². The average Bonchev–Trinajstić information content (AvgIpc) is 2.71. The molecular weight excluding hydrogens is 370 g/mol. The van der Waals surface area contributed by atoms with Crippen LogP contribution in [0.2, 0.25) is 0 Å². The number of ether oxygens (including phenoxy) is 1. The summed E-state index contributed by atoms with van der Waals surface area (Å²) in [5.41, 5.74) is 2.66. The van der Waals surface area contributed by atoms with Gasteiger partial charge < -0.3 is 4.74 Å². The van der Waals surface area contributed by atoms with E-state index in [0.717, 1.165) is 24.0 Å². The Labute approximate surface area is 166 Å². The van der Waals surface area contributed by atoms with Gasteiger partial charge in [-0.15, -0.1) is 4.40 Å². The first kappa shape index (κ1) is 19.8. The molecule has 0 unspecified atom stereocenters. The SMILES string of the molecule is CCCc1ccc(C)cc1OC(=NS(=O)(=O)c1ccccc1)c1ccccc1. The minimum atomic E-state index is -3.90. The van der Waals surface area contributed by atoms with Gasteiger partial charge in [-0.3, -0.25) is 0 Å². The molecule has 3 aromatic rings. The van der Waals surface area contributed by atoms with Crippen molar-refractivity contribution >= 4 is 15.9 Å². The maximum absolute atomic E-state index is 12.8. The van der Waals surface area contributed by atoms with Crippen LogP contribution in [0.3, 0.4) is 0 Å². The van der Waals surface area contributed by atoms with Crippen LogP contribution in [-0.4, -0.2) is 14.3 Å². The molecule has 0 spiro atoms. The highest BCUT2D eigenvalue weighted by molar-refractivity contribution is 7.90. The molecule has 0 saturated carbocycles. The minimum Gasteiger partial charge on any atom is -0.437 e. The van der Waals surface area contributed by atoms with Crippen molar-refractivity contribution < 1.29 is 13.2 Å². The van der Waals surface area contributed by atoms with Crippen LogP contribution in [0.1, 0.15) is 30.0 Å². The van der Waals surface area contributed by atoms with Gasteiger partial charge >= 0.3 is 0 Å². The van der Waals surface area contributed by atoms with Crippen LogP contribution in [0, 0.1) is 6.92 Å². The van der Waals surface area contributed by atoms with Crippen LogP contribution in [-0.2, 0) is 16.4 Å². The third-order valence-electron chi connectivity index (χ3n) is 4.21. The van der Waals surface area contributed by atoms with Gasteiger partial charge in [-0.05, 0) is 54.8 Å². The molecule has 28 heavy (non-hydrogen) atoms. The molecule has 3 aromatic carbocycles. The van der Waals surface area contributed by atoms with Crippen molar-refractivity contribution in [1.29, 1.82) is 0 Å². The molecule has 0 aromatic heterocycles. The van der Waals surface area contributed by atoms with Crippen LogP contribution in [0.15, 0.2) is 88.2 Å². The Hall–Kier alpha value is -2.92. The fourth-order valence-corrected chi connectivity index (χ4v) is 3.77. The average molecular weight is 394 g/mol. The van der Waals surface area contributed by atoms with Gasteiger partial charge in [0.05, 0.1) is 4.90 Å². The van der Waals surface area contributed by atoms with Crippen LogP contribution in [0.4, 0.5) is 0 Å². The van der Waals surface area contributed by atoms with E-state index in [1.54, 1.807) is 30.3 Å². The highest BCUT2D eigenvalue weighted by atomic mass is 32.2. The van der Waals surface area contributed by atoms with E-state index in [9.17, 15) is 8.42 Å². The summed E-state index contributed by atoms with van der Waals surface area (Å²) >= 11 is 0. The maximum atomic E-state index is 12.8. The van der Waals surface area contributed by atoms with Gasteiger partial charge in [0.2, 0.25) is 5.90 Å². The smallest absolute Gasteiger partial charge is 0.285 e. The first-order chi connectivity index (χ1) is 13.5. The molecule has 0 bridgehead atoms. The Bertz CT molecular complexity index is 1060. The molecule has 0 amide bonds. The number of hydrogen-bond donors (Lipinski definition) is 0. The van der Waals surface area contributed by atoms with Gasteiger partial charge in [0.1, 0.15) is 5.75 Å². The zero-order valence-corrected chi connectivity index (χ0v) is 16.8. The summed E-state index contributed by atoms with van der Waals surface area (Å²) in [5, 5.41) is 0. The Morgan fingerprint density at radius 3 is 2.21 bits per heavy atom. The first-order valence-corrected chi connectivity index (χ1v) is 10.7. The Morgan fingerprint density at radius 1 is 0.929 bits per heavy atom. The van der Waals surface area contributed by atoms with Gasteiger partial charge in [-0.1, -0.05) is 61.9 Å². The van der Waals surface area contributed by atoms with E-state index < -0.39 is 10.0 Å². The zero-order chi connectivity index (χ0) is 20.0. The monoisotopic (exact) mass is 393 g/mol. The van der Waals surface area contributed by atoms with Crippen molar-refractivity contribution in [1.82, 2.24) is 0 Å². The zero-order valence-electron chi connectivity index (χ0n) is 16.0. The maximum Gasteiger partial charge on any atom is 0.285 e. The van der Waals surface area contributed by atoms with Crippen molar-refractivity contribution in [3.63, 3.8) is 0 Å². The molecule has 0 aliphatic carbocycles. The van der Waals surface area contributed by atoms with Crippen molar-refractivity contribution in [2.24, 2.45) is 4.40 Å². The predicted molar refractivity (Wildman–Crippen MR) is 112 cm³/mol. The van der Waals surface area contributed by atoms with Crippen molar-refractivity contribution in [3.8, 4) is 5.75 Å². The summed E-state index contributed by atoms with van der Waals surface area (Å²) in [5.74, 6) is 0.695. The fraction of sp³-hybridized carbons (Fsp3) is 0.174. The van der Waals surface area contributed by atoms with Gasteiger partial charge in [-0.2, -0.15) is 8.42 Å². The number of benzene rings is 3. The Morgan fingerprint density at radius 2 is 1.57 bits per heavy atom. The summed E-state index contributed by atoms with van der Waals surface area (Å²) < 4.78 is 35.8. The Balaban J connectivity index is 2.09. The predicted octanol–water partition coefficient (Wildman–Crippen LogP) is 5.16. The van der Waals surface area contributed by atoms with E-state index in [1.165, 1.54) is 12.1 Å². The summed E-state index contributed by atoms with van der Waals surface area (Å²) in [6.45, 7) is 4.07. The number of hydrogen-bond acceptors (Lipinski definition) is 3. The topological polar surface area (TPSA) is 55.7 Å². The van der Waals surface area contributed by atoms with Crippen molar-refractivity contribution in [2.75, 3.05) is 0 Å². The molecular formula is C23H23NO3S. The molecule has 0 radical (unpaired) electrons. The van der Waals surface area contributed by atoms with Gasteiger partial charge in [0, 0.05) is 5.56 Å². The first-order valence-electron chi connectivity index (χ1n) is 9.22. The molecule has 0 atom stereocenters. The summed E-state index contributed by atoms with van der Waals surface area (Å²) in [7, 11) is -3.90. The van der Waals surface area contributed by atoms with Gasteiger partial charge in [0.15, 0.2) is 0 Å². The second kappa shape index (κ2) is 8.85. The lowest BCUT2D eigenvalue weighted by molar-refractivity contribution is 0.541. The molecule has 0 heterocycles. The summed E-state index contributed by atoms with van der Waals surface area (Å²) in [4.78, 5) is 0.130. The molecule has 0 saturated heterocycles. The molecule has 0 N–H and O–H groups in total. The standard InChI is InChI=1S/C23H23NO3S/c1-3-10-19-16-15-18(2)17-22(19)27-23(20-11-6-4-7-12-20)24-28(25,26)21-13-8-5-9-14-21/h4-9,11-17H,3,10H2,1-2H3. The molecule has 3 rings (SSSR count). The van der Waals surface area contributed by atoms with Crippen molar-refractivity contribution in [2.45, 2.75) is 31.6 Å². The molecule has 0 aliphatic heterocycles. The van der Waals surface area contributed by atoms with Crippen LogP contribution in [0.25, 0.3) is 0 Å². The van der Waals surface area contributed by atoms with Gasteiger partial charge in [0.25, 0.3) is 10.0 Å². The quantitative estimate of drug-likeness (QED) is 0.429. The number of sulfonamides is 1. The third-order valence-corrected chi connectivity index (χ3v) is 5.49. The normalized spacial score (nSPS) is 12.0. The molecule has 0 aliphatic rings. The highest BCUT2D eigenvalue weighted by Crippen LogP contribution is 2.24. The van der Waals surface area contributed by atoms with Crippen LogP contribution in [0.5, 0.6) is 5.75 Å². The lowest BCUT2D eigenvalue weighted by Gasteiger charge is -2.14. The van der Waals surface area contributed by atoms with Gasteiger partial charge in [-0.25, -0.2) is 0 Å². The lowest BCUT2D eigenvalue weighted by Crippen LogP contribution is -2.15. The molecule has 4 nitrogen and oxygen atoms in total. The fourth-order valence-electron chi connectivity index (χ4n) is 2.80. The van der Waals surface area contributed by atoms with E-state index in [1.807, 2.05) is 43.3 Å². The highest BCUT2D eigenvalue weighted by Gasteiger charge is 2.18. The second-order valence-electron chi connectivity index (χ2n) is 6.51. The largest absolute Gasteiger partial charge is 0.437 e. The number of aryl methyl sites for hydroxylation is 2. The van der Waals surface area contributed by atoms with E-state index in [2.05, 4.69) is 11.3 Å². The second-order valence-corrected chi connectivity index (χ2v) is 8.12. The third kappa shape index (κ3) is 4.87. The van der Waals surface area contributed by atoms with Crippen molar-refractivity contribution in [3.05, 3.63) is 95.6 Å².